The van der Waals surface area contributed by atoms with E-state index in [1.165, 1.54) is 18.2 Å². The standard InChI is InChI=1S/C6H4BrN3O4/c7-5-3-1-2-4-6(5)8(9(11)12)10(13)14/h1-4H. The highest BCUT2D eigenvalue weighted by Crippen LogP contribution is 2.25. The molecule has 0 amide bonds. The van der Waals surface area contributed by atoms with E-state index in [0.29, 0.717) is 0 Å². The summed E-state index contributed by atoms with van der Waals surface area (Å²) in [6.07, 6.45) is 0. The van der Waals surface area contributed by atoms with Crippen LogP contribution in [0.25, 0.3) is 0 Å². The van der Waals surface area contributed by atoms with Gasteiger partial charge < -0.3 is 0 Å². The molecule has 0 N–H and O–H groups in total. The molecule has 0 saturated heterocycles. The Morgan fingerprint density at radius 2 is 1.64 bits per heavy atom. The van der Waals surface area contributed by atoms with Crippen LogP contribution in [0.2, 0.25) is 0 Å². The first-order valence-electron chi connectivity index (χ1n) is 3.37. The number of anilines is 1. The lowest BCUT2D eigenvalue weighted by Gasteiger charge is -2.04. The van der Waals surface area contributed by atoms with Crippen molar-refractivity contribution in [3.05, 3.63) is 49.0 Å². The molecule has 0 bridgehead atoms. The molecule has 74 valence electrons. The average molecular weight is 262 g/mol. The van der Waals surface area contributed by atoms with Crippen LogP contribution in [0, 0.1) is 20.2 Å². The maximum absolute atomic E-state index is 10.4. The van der Waals surface area contributed by atoms with Gasteiger partial charge in [0.25, 0.3) is 0 Å². The Morgan fingerprint density at radius 3 is 2.07 bits per heavy atom. The van der Waals surface area contributed by atoms with Crippen LogP contribution in [0.3, 0.4) is 0 Å². The second-order valence-corrected chi connectivity index (χ2v) is 3.07. The van der Waals surface area contributed by atoms with Crippen LogP contribution in [-0.2, 0) is 0 Å². The molecule has 0 saturated carbocycles. The van der Waals surface area contributed by atoms with Crippen LogP contribution in [0.15, 0.2) is 28.7 Å². The summed E-state index contributed by atoms with van der Waals surface area (Å²) in [6, 6.07) is 5.83. The van der Waals surface area contributed by atoms with Gasteiger partial charge >= 0.3 is 0 Å². The summed E-state index contributed by atoms with van der Waals surface area (Å²) < 4.78 is 0.286. The quantitative estimate of drug-likeness (QED) is 0.610. The Labute approximate surface area is 86.3 Å². The minimum atomic E-state index is -1.10. The molecule has 0 aliphatic rings. The van der Waals surface area contributed by atoms with E-state index in [0.717, 1.165) is 0 Å². The van der Waals surface area contributed by atoms with Crippen molar-refractivity contribution in [2.24, 2.45) is 0 Å². The van der Waals surface area contributed by atoms with Gasteiger partial charge in [0.1, 0.15) is 0 Å². The molecule has 0 spiro atoms. The molecule has 8 heteroatoms. The van der Waals surface area contributed by atoms with E-state index in [9.17, 15) is 20.2 Å². The smallest absolute Gasteiger partial charge is 0.228 e. The number of halogens is 1. The van der Waals surface area contributed by atoms with Gasteiger partial charge in [0.15, 0.2) is 5.69 Å². The van der Waals surface area contributed by atoms with Crippen LogP contribution < -0.4 is 5.12 Å². The molecule has 0 unspecified atom stereocenters. The van der Waals surface area contributed by atoms with E-state index in [1.54, 1.807) is 6.07 Å². The monoisotopic (exact) mass is 261 g/mol. The van der Waals surface area contributed by atoms with Crippen LogP contribution in [0.1, 0.15) is 0 Å². The third-order valence-electron chi connectivity index (χ3n) is 1.38. The number of hydrogen-bond acceptors (Lipinski definition) is 4. The highest BCUT2D eigenvalue weighted by Gasteiger charge is 2.31. The molecule has 0 radical (unpaired) electrons. The van der Waals surface area contributed by atoms with E-state index < -0.39 is 10.1 Å². The zero-order valence-electron chi connectivity index (χ0n) is 6.66. The molecule has 0 aliphatic carbocycles. The number of para-hydroxylation sites is 1. The summed E-state index contributed by atoms with van der Waals surface area (Å²) in [5.41, 5.74) is -0.123. The Morgan fingerprint density at radius 1 is 1.14 bits per heavy atom. The van der Waals surface area contributed by atoms with Gasteiger partial charge in [0.2, 0.25) is 15.2 Å². The average Bonchev–Trinajstić information content (AvgIpc) is 2.07. The predicted molar refractivity (Wildman–Crippen MR) is 50.6 cm³/mol. The van der Waals surface area contributed by atoms with Gasteiger partial charge in [0.05, 0.1) is 4.47 Å². The molecular weight excluding hydrogens is 258 g/mol. The van der Waals surface area contributed by atoms with Gasteiger partial charge in [0, 0.05) is 0 Å². The second kappa shape index (κ2) is 4.01. The van der Waals surface area contributed by atoms with Crippen molar-refractivity contribution in [2.45, 2.75) is 0 Å². The normalized spacial score (nSPS) is 9.50. The number of nitrogens with zero attached hydrogens (tertiary/aromatic N) is 3. The molecule has 0 fully saturated rings. The van der Waals surface area contributed by atoms with E-state index in [4.69, 9.17) is 0 Å². The zero-order valence-corrected chi connectivity index (χ0v) is 8.25. The Kier molecular flexibility index (Phi) is 2.97. The minimum Gasteiger partial charge on any atom is -0.230 e. The van der Waals surface area contributed by atoms with Crippen molar-refractivity contribution in [2.75, 3.05) is 5.12 Å². The summed E-state index contributed by atoms with van der Waals surface area (Å²) in [7, 11) is 0. The zero-order chi connectivity index (χ0) is 10.7. The molecule has 0 atom stereocenters. The van der Waals surface area contributed by atoms with Crippen LogP contribution in [-0.4, -0.2) is 10.1 Å². The van der Waals surface area contributed by atoms with Gasteiger partial charge in [-0.05, 0) is 28.1 Å². The maximum Gasteiger partial charge on any atom is 0.228 e. The molecule has 1 rings (SSSR count). The third kappa shape index (κ3) is 1.96. The Hall–Kier alpha value is -1.70. The highest BCUT2D eigenvalue weighted by atomic mass is 79.9. The molecular formula is C6H4BrN3O4. The largest absolute Gasteiger partial charge is 0.230 e. The first kappa shape index (κ1) is 10.4. The van der Waals surface area contributed by atoms with Gasteiger partial charge in [-0.1, -0.05) is 12.1 Å². The van der Waals surface area contributed by atoms with Gasteiger partial charge in [-0.15, -0.1) is 0 Å². The topological polar surface area (TPSA) is 89.5 Å². The van der Waals surface area contributed by atoms with Crippen LogP contribution in [0.5, 0.6) is 0 Å². The highest BCUT2D eigenvalue weighted by molar-refractivity contribution is 9.10. The molecule has 1 aromatic rings. The summed E-state index contributed by atoms with van der Waals surface area (Å²) in [5.74, 6) is 0. The lowest BCUT2D eigenvalue weighted by atomic mass is 10.3. The molecule has 0 heterocycles. The van der Waals surface area contributed by atoms with Gasteiger partial charge in [-0.2, -0.15) is 0 Å². The molecule has 7 nitrogen and oxygen atoms in total. The first-order chi connectivity index (χ1) is 6.54. The van der Waals surface area contributed by atoms with Crippen LogP contribution in [0.4, 0.5) is 5.69 Å². The van der Waals surface area contributed by atoms with Crippen molar-refractivity contribution >= 4 is 21.6 Å². The SMILES string of the molecule is O=[N+]([O-])N(c1ccccc1Br)[N+](=O)[O-]. The number of hydrogen-bond donors (Lipinski definition) is 0. The van der Waals surface area contributed by atoms with E-state index in [-0.39, 0.29) is 15.3 Å². The van der Waals surface area contributed by atoms with E-state index in [2.05, 4.69) is 15.9 Å². The minimum absolute atomic E-state index is 0.123. The lowest BCUT2D eigenvalue weighted by molar-refractivity contribution is -0.712. The van der Waals surface area contributed by atoms with Crippen molar-refractivity contribution in [3.63, 3.8) is 0 Å². The van der Waals surface area contributed by atoms with E-state index >= 15 is 0 Å². The van der Waals surface area contributed by atoms with Gasteiger partial charge in [-0.3, -0.25) is 0 Å². The molecule has 14 heavy (non-hydrogen) atoms. The predicted octanol–water partition coefficient (Wildman–Crippen LogP) is 1.64. The number of benzene rings is 1. The first-order valence-corrected chi connectivity index (χ1v) is 4.16. The summed E-state index contributed by atoms with van der Waals surface area (Å²) in [5, 5.41) is 18.4. The number of nitro groups is 2. The van der Waals surface area contributed by atoms with Crippen molar-refractivity contribution in [1.82, 2.24) is 0 Å². The van der Waals surface area contributed by atoms with Gasteiger partial charge in [-0.25, -0.2) is 20.2 Å². The Balaban J connectivity index is 3.18. The Bertz CT molecular complexity index is 369. The maximum atomic E-state index is 10.4. The molecule has 0 aromatic heterocycles. The third-order valence-corrected chi connectivity index (χ3v) is 2.05. The van der Waals surface area contributed by atoms with E-state index in [1.807, 2.05) is 0 Å². The molecule has 0 aliphatic heterocycles. The fraction of sp³-hybridized carbons (Fsp3) is 0. The summed E-state index contributed by atoms with van der Waals surface area (Å²) in [4.78, 5) is 20.7. The lowest BCUT2D eigenvalue weighted by Crippen LogP contribution is -2.35. The van der Waals surface area contributed by atoms with Crippen LogP contribution >= 0.6 is 15.9 Å². The number of rotatable bonds is 3. The second-order valence-electron chi connectivity index (χ2n) is 2.22. The van der Waals surface area contributed by atoms with Crippen molar-refractivity contribution in [3.8, 4) is 0 Å². The fourth-order valence-electron chi connectivity index (χ4n) is 0.849. The molecule has 1 aromatic carbocycles. The summed E-state index contributed by atoms with van der Waals surface area (Å²) in [6.45, 7) is 0. The number of hydrazine groups is 2. The van der Waals surface area contributed by atoms with Crippen molar-refractivity contribution in [1.29, 1.82) is 0 Å². The van der Waals surface area contributed by atoms with Crippen molar-refractivity contribution < 1.29 is 10.1 Å². The fourth-order valence-corrected chi connectivity index (χ4v) is 1.29. The summed E-state index contributed by atoms with van der Waals surface area (Å²) >= 11 is 2.98.